The first kappa shape index (κ1) is 26.4. The molecule has 2 aromatic rings. The Kier molecular flexibility index (Phi) is 7.33. The number of oxime groups is 1. The van der Waals surface area contributed by atoms with Crippen LogP contribution in [0.15, 0.2) is 21.8 Å². The van der Waals surface area contributed by atoms with E-state index in [2.05, 4.69) is 32.0 Å². The van der Waals surface area contributed by atoms with Crippen molar-refractivity contribution in [1.82, 2.24) is 15.2 Å². The van der Waals surface area contributed by atoms with E-state index in [9.17, 15) is 19.5 Å². The number of carbonyl (C=O) groups excluding carboxylic acids is 2. The third-order valence-corrected chi connectivity index (χ3v) is 10.2. The quantitative estimate of drug-likeness (QED) is 0.178. The van der Waals surface area contributed by atoms with E-state index in [-0.39, 0.29) is 22.2 Å². The molecule has 2 aliphatic heterocycles. The maximum Gasteiger partial charge on any atom is 0.352 e. The predicted molar refractivity (Wildman–Crippen MR) is 145 cm³/mol. The Bertz CT molecular complexity index is 1370. The molecule has 12 nitrogen and oxygen atoms in total. The van der Waals surface area contributed by atoms with Gasteiger partial charge in [0.25, 0.3) is 11.8 Å². The van der Waals surface area contributed by atoms with Crippen LogP contribution in [0.1, 0.15) is 29.1 Å². The fourth-order valence-corrected chi connectivity index (χ4v) is 8.19. The molecule has 1 aliphatic carbocycles. The third-order valence-electron chi connectivity index (χ3n) is 6.75. The monoisotopic (exact) mass is 578 g/mol. The number of hydrogen-bond acceptors (Lipinski definition) is 11. The topological polar surface area (TPSA) is 154 Å². The molecule has 1 saturated heterocycles. The van der Waals surface area contributed by atoms with Crippen molar-refractivity contribution in [1.29, 1.82) is 0 Å². The fourth-order valence-electron chi connectivity index (χ4n) is 5.02. The highest BCUT2D eigenvalue weighted by atomic mass is 32.2. The highest BCUT2D eigenvalue weighted by Crippen LogP contribution is 2.41. The molecular weight excluding hydrogens is 550 g/mol. The molecule has 2 atom stereocenters. The van der Waals surface area contributed by atoms with E-state index >= 15 is 0 Å². The summed E-state index contributed by atoms with van der Waals surface area (Å²) in [5.74, 6) is -1.88. The van der Waals surface area contributed by atoms with Crippen molar-refractivity contribution >= 4 is 68.2 Å². The van der Waals surface area contributed by atoms with Crippen LogP contribution < -0.4 is 20.5 Å². The summed E-state index contributed by atoms with van der Waals surface area (Å²) in [4.78, 5) is 52.0. The first-order valence-electron chi connectivity index (χ1n) is 12.0. The van der Waals surface area contributed by atoms with Crippen LogP contribution >= 0.6 is 34.4 Å². The van der Waals surface area contributed by atoms with Gasteiger partial charge in [-0.05, 0) is 19.3 Å². The smallest absolute Gasteiger partial charge is 0.352 e. The van der Waals surface area contributed by atoms with Gasteiger partial charge in [0, 0.05) is 23.1 Å². The highest BCUT2D eigenvalue weighted by molar-refractivity contribution is 8.00. The molecule has 0 spiro atoms. The summed E-state index contributed by atoms with van der Waals surface area (Å²) in [5.41, 5.74) is 7.78. The zero-order valence-corrected chi connectivity index (χ0v) is 23.5. The van der Waals surface area contributed by atoms with Crippen LogP contribution in [-0.2, 0) is 39.1 Å². The summed E-state index contributed by atoms with van der Waals surface area (Å²) in [6.07, 6.45) is 4.50. The Morgan fingerprint density at radius 3 is 2.82 bits per heavy atom. The summed E-state index contributed by atoms with van der Waals surface area (Å²) in [5, 5.41) is 18.8. The Morgan fingerprint density at radius 1 is 1.39 bits per heavy atom. The zero-order valence-electron chi connectivity index (χ0n) is 21.1. The number of anilines is 2. The van der Waals surface area contributed by atoms with Crippen molar-refractivity contribution in [3.63, 3.8) is 0 Å². The van der Waals surface area contributed by atoms with E-state index < -0.39 is 29.2 Å². The van der Waals surface area contributed by atoms with Gasteiger partial charge in [0.15, 0.2) is 10.8 Å². The van der Waals surface area contributed by atoms with Gasteiger partial charge in [0.05, 0.1) is 19.0 Å². The van der Waals surface area contributed by atoms with Crippen LogP contribution in [0.3, 0.4) is 0 Å². The number of nitrogens with one attached hydrogen (secondary N) is 1. The number of thioether (sulfide) groups is 1. The van der Waals surface area contributed by atoms with Gasteiger partial charge < -0.3 is 21.0 Å². The summed E-state index contributed by atoms with van der Waals surface area (Å²) in [6.45, 7) is 0.380. The number of aromatic nitrogens is 2. The molecule has 4 heterocycles. The lowest BCUT2D eigenvalue weighted by Crippen LogP contribution is -2.71. The number of nitrogen functional groups attached to an aromatic ring is 1. The van der Waals surface area contributed by atoms with E-state index in [1.165, 1.54) is 47.2 Å². The Balaban J connectivity index is 1.33. The number of aliphatic carboxylic acids is 1. The molecule has 4 N–H and O–H groups in total. The average molecular weight is 579 g/mol. The minimum Gasteiger partial charge on any atom is -0.477 e. The maximum atomic E-state index is 13.1. The number of likely N-dealkylation sites (N-methyl/N-ethyl adjacent to an activating group) is 1. The van der Waals surface area contributed by atoms with Gasteiger partial charge in [-0.3, -0.25) is 19.4 Å². The van der Waals surface area contributed by atoms with E-state index in [4.69, 9.17) is 10.6 Å². The van der Waals surface area contributed by atoms with Crippen LogP contribution in [0, 0.1) is 0 Å². The second kappa shape index (κ2) is 10.5. The fraction of sp³-hybridized carbons (Fsp3) is 0.478. The van der Waals surface area contributed by atoms with Crippen molar-refractivity contribution in [2.24, 2.45) is 12.2 Å². The summed E-state index contributed by atoms with van der Waals surface area (Å²) in [7, 11) is 5.30. The van der Waals surface area contributed by atoms with Gasteiger partial charge in [-0.15, -0.1) is 23.1 Å². The first-order valence-corrected chi connectivity index (χ1v) is 14.7. The van der Waals surface area contributed by atoms with Crippen molar-refractivity contribution in [3.05, 3.63) is 32.9 Å². The van der Waals surface area contributed by atoms with Gasteiger partial charge >= 0.3 is 11.1 Å². The second-order valence-electron chi connectivity index (χ2n) is 9.19. The second-order valence-corrected chi connectivity index (χ2v) is 12.2. The van der Waals surface area contributed by atoms with Crippen molar-refractivity contribution in [2.75, 3.05) is 37.1 Å². The predicted octanol–water partition coefficient (Wildman–Crippen LogP) is 0.716. The van der Waals surface area contributed by atoms with Crippen LogP contribution in [0.25, 0.3) is 0 Å². The molecule has 2 amide bonds. The molecule has 3 aliphatic rings. The molecule has 5 rings (SSSR count). The SMILES string of the molecule is CO/N=C(\C(=O)NC1C(=O)N2C(C(=O)O)=C(CN(C)c3sc4c([n+]3C)CCCC4)CSC12)c1csc(N)n1. The largest absolute Gasteiger partial charge is 0.477 e. The Morgan fingerprint density at radius 2 is 2.16 bits per heavy atom. The standard InChI is InChI=1S/C23H27N7O5S3/c1-28(23-29(2)13-6-4-5-7-14(13)38-23)8-11-9-36-20-16(19(32)30(20)17(11)21(33)34)26-18(31)15(27-35-3)12-10-37-22(24)25-12/h10,16,20H,4-9H2,1-3H3,(H3-,24,25,26,31,33,34)/p+1/b27-15-. The molecule has 1 fully saturated rings. The van der Waals surface area contributed by atoms with E-state index in [1.54, 1.807) is 16.7 Å². The van der Waals surface area contributed by atoms with Gasteiger partial charge in [0.1, 0.15) is 42.2 Å². The number of amides is 2. The number of nitrogens with zero attached hydrogens (tertiary/aromatic N) is 5. The normalized spacial score (nSPS) is 21.0. The van der Waals surface area contributed by atoms with Crippen LogP contribution in [0.5, 0.6) is 0 Å². The van der Waals surface area contributed by atoms with Crippen molar-refractivity contribution < 1.29 is 28.9 Å². The average Bonchev–Trinajstić information content (AvgIpc) is 3.48. The Labute approximate surface area is 231 Å². The number of aryl methyl sites for hydroxylation is 1. The van der Waals surface area contributed by atoms with Gasteiger partial charge in [0.2, 0.25) is 0 Å². The Hall–Kier alpha value is -3.17. The number of nitrogens with two attached hydrogens (primary N) is 1. The molecule has 15 heteroatoms. The lowest BCUT2D eigenvalue weighted by Gasteiger charge is -2.49. The first-order chi connectivity index (χ1) is 18.2. The highest BCUT2D eigenvalue weighted by Gasteiger charge is 2.54. The van der Waals surface area contributed by atoms with E-state index in [0.717, 1.165) is 29.3 Å². The number of hydrogen-bond donors (Lipinski definition) is 3. The van der Waals surface area contributed by atoms with E-state index in [1.807, 2.05) is 7.05 Å². The van der Waals surface area contributed by atoms with Crippen LogP contribution in [-0.4, -0.2) is 76.4 Å². The molecule has 202 valence electrons. The van der Waals surface area contributed by atoms with Gasteiger partial charge in [-0.2, -0.15) is 0 Å². The number of β-lactam (4-membered cyclic amide) rings is 1. The van der Waals surface area contributed by atoms with E-state index in [0.29, 0.717) is 17.9 Å². The number of carbonyl (C=O) groups is 3. The third kappa shape index (κ3) is 4.62. The molecule has 0 radical (unpaired) electrons. The van der Waals surface area contributed by atoms with Crippen LogP contribution in [0.4, 0.5) is 10.3 Å². The molecule has 2 aromatic heterocycles. The summed E-state index contributed by atoms with van der Waals surface area (Å²) < 4.78 is 2.20. The summed E-state index contributed by atoms with van der Waals surface area (Å²) in [6, 6.07) is -0.902. The zero-order chi connectivity index (χ0) is 27.1. The molecule has 0 aromatic carbocycles. The van der Waals surface area contributed by atoms with Crippen molar-refractivity contribution in [3.8, 4) is 0 Å². The maximum absolute atomic E-state index is 13.1. The molecular formula is C23H28N7O5S3+. The molecule has 2 unspecified atom stereocenters. The summed E-state index contributed by atoms with van der Waals surface area (Å²) >= 11 is 4.32. The molecule has 38 heavy (non-hydrogen) atoms. The minimum absolute atomic E-state index is 0.0156. The lowest BCUT2D eigenvalue weighted by atomic mass is 10.0. The molecule has 0 saturated carbocycles. The number of carboxylic acid groups (broad SMARTS) is 1. The van der Waals surface area contributed by atoms with Crippen molar-refractivity contribution in [2.45, 2.75) is 37.1 Å². The van der Waals surface area contributed by atoms with Gasteiger partial charge in [-0.1, -0.05) is 16.5 Å². The number of carboxylic acids is 1. The van der Waals surface area contributed by atoms with Crippen LogP contribution in [0.2, 0.25) is 0 Å². The number of fused-ring (bicyclic) bond motifs is 2. The van der Waals surface area contributed by atoms with Gasteiger partial charge in [-0.25, -0.2) is 14.3 Å². The number of thiazole rings is 2. The lowest BCUT2D eigenvalue weighted by molar-refractivity contribution is -0.662. The minimum atomic E-state index is -1.16. The number of rotatable bonds is 8. The molecule has 0 bridgehead atoms.